The molecule has 0 aliphatic carbocycles. The smallest absolute Gasteiger partial charge is 0.237 e. The molecule has 1 heterocycles. The van der Waals surface area contributed by atoms with Gasteiger partial charge in [0.05, 0.1) is 12.3 Å². The third-order valence-corrected chi connectivity index (χ3v) is 2.35. The normalized spacial score (nSPS) is 9.68. The topological polar surface area (TPSA) is 81.2 Å². The third-order valence-electron chi connectivity index (χ3n) is 2.35. The third kappa shape index (κ3) is 2.93. The van der Waals surface area contributed by atoms with Crippen LogP contribution in [0.5, 0.6) is 17.5 Å². The van der Waals surface area contributed by atoms with Gasteiger partial charge in [-0.1, -0.05) is 18.2 Å². The van der Waals surface area contributed by atoms with Crippen molar-refractivity contribution in [2.24, 2.45) is 0 Å². The predicted octanol–water partition coefficient (Wildman–Crippen LogP) is 2.73. The number of nitrogens with two attached hydrogens (primary N) is 1. The standard InChI is InChI=1S/C14H13N3O2/c1-2-18-14-11(9-15)12(16)8-13(17-14)19-10-6-4-3-5-7-10/h3-8H,2H2,1H3,(H2,16,17). The van der Waals surface area contributed by atoms with E-state index in [1.54, 1.807) is 12.1 Å². The molecular formula is C14H13N3O2. The lowest BCUT2D eigenvalue weighted by Gasteiger charge is -2.10. The molecule has 5 heteroatoms. The van der Waals surface area contributed by atoms with Crippen molar-refractivity contribution in [3.05, 3.63) is 42.0 Å². The van der Waals surface area contributed by atoms with Gasteiger partial charge in [0.15, 0.2) is 0 Å². The van der Waals surface area contributed by atoms with Crippen molar-refractivity contribution in [3.63, 3.8) is 0 Å². The summed E-state index contributed by atoms with van der Waals surface area (Å²) in [6.45, 7) is 2.21. The Balaban J connectivity index is 2.35. The fraction of sp³-hybridized carbons (Fsp3) is 0.143. The quantitative estimate of drug-likeness (QED) is 0.908. The Morgan fingerprint density at radius 2 is 2.05 bits per heavy atom. The van der Waals surface area contributed by atoms with Gasteiger partial charge < -0.3 is 15.2 Å². The average molecular weight is 255 g/mol. The molecule has 0 fully saturated rings. The minimum absolute atomic E-state index is 0.191. The Morgan fingerprint density at radius 1 is 1.32 bits per heavy atom. The molecule has 0 radical (unpaired) electrons. The molecule has 2 rings (SSSR count). The second-order valence-corrected chi connectivity index (χ2v) is 3.69. The van der Waals surface area contributed by atoms with Gasteiger partial charge >= 0.3 is 0 Å². The molecule has 2 aromatic rings. The lowest BCUT2D eigenvalue weighted by molar-refractivity contribution is 0.320. The van der Waals surface area contributed by atoms with Crippen LogP contribution in [0.25, 0.3) is 0 Å². The summed E-state index contributed by atoms with van der Waals surface area (Å²) in [5.74, 6) is 1.13. The molecule has 1 aromatic carbocycles. The monoisotopic (exact) mass is 255 g/mol. The highest BCUT2D eigenvalue weighted by atomic mass is 16.5. The van der Waals surface area contributed by atoms with Crippen molar-refractivity contribution in [1.29, 1.82) is 5.26 Å². The fourth-order valence-corrected chi connectivity index (χ4v) is 1.53. The molecule has 0 saturated heterocycles. The average Bonchev–Trinajstić information content (AvgIpc) is 2.40. The number of nitrogen functional groups attached to an aromatic ring is 1. The van der Waals surface area contributed by atoms with Crippen LogP contribution in [0.2, 0.25) is 0 Å². The number of anilines is 1. The summed E-state index contributed by atoms with van der Waals surface area (Å²) < 4.78 is 10.9. The summed E-state index contributed by atoms with van der Waals surface area (Å²) >= 11 is 0. The van der Waals surface area contributed by atoms with Crippen LogP contribution in [0.15, 0.2) is 36.4 Å². The van der Waals surface area contributed by atoms with Gasteiger partial charge in [0.25, 0.3) is 0 Å². The van der Waals surface area contributed by atoms with E-state index in [0.29, 0.717) is 18.2 Å². The highest BCUT2D eigenvalue weighted by Crippen LogP contribution is 2.28. The molecule has 0 amide bonds. The summed E-state index contributed by atoms with van der Waals surface area (Å²) in [5.41, 5.74) is 6.30. The molecule has 2 N–H and O–H groups in total. The fourth-order valence-electron chi connectivity index (χ4n) is 1.53. The Hall–Kier alpha value is -2.74. The van der Waals surface area contributed by atoms with Gasteiger partial charge in [-0.05, 0) is 19.1 Å². The summed E-state index contributed by atoms with van der Waals surface area (Å²) in [5, 5.41) is 9.02. The molecule has 19 heavy (non-hydrogen) atoms. The van der Waals surface area contributed by atoms with E-state index >= 15 is 0 Å². The summed E-state index contributed by atoms with van der Waals surface area (Å²) in [6.07, 6.45) is 0. The largest absolute Gasteiger partial charge is 0.477 e. The number of hydrogen-bond donors (Lipinski definition) is 1. The van der Waals surface area contributed by atoms with Crippen LogP contribution >= 0.6 is 0 Å². The maximum atomic E-state index is 9.02. The second-order valence-electron chi connectivity index (χ2n) is 3.69. The van der Waals surface area contributed by atoms with Gasteiger partial charge in [0.1, 0.15) is 17.4 Å². The van der Waals surface area contributed by atoms with Crippen molar-refractivity contribution >= 4 is 5.69 Å². The van der Waals surface area contributed by atoms with E-state index < -0.39 is 0 Å². The van der Waals surface area contributed by atoms with Crippen LogP contribution in [-0.4, -0.2) is 11.6 Å². The van der Waals surface area contributed by atoms with E-state index in [2.05, 4.69) is 4.98 Å². The van der Waals surface area contributed by atoms with Crippen LogP contribution in [0.3, 0.4) is 0 Å². The highest BCUT2D eigenvalue weighted by Gasteiger charge is 2.12. The number of hydrogen-bond acceptors (Lipinski definition) is 5. The number of pyridine rings is 1. The van der Waals surface area contributed by atoms with Gasteiger partial charge in [-0.25, -0.2) is 0 Å². The predicted molar refractivity (Wildman–Crippen MR) is 71.0 cm³/mol. The van der Waals surface area contributed by atoms with E-state index in [9.17, 15) is 0 Å². The minimum atomic E-state index is 0.191. The zero-order valence-corrected chi connectivity index (χ0v) is 10.5. The summed E-state index contributed by atoms with van der Waals surface area (Å²) in [6, 6.07) is 12.7. The number of para-hydroxylation sites is 1. The zero-order chi connectivity index (χ0) is 13.7. The molecular weight excluding hydrogens is 242 g/mol. The molecule has 0 spiro atoms. The second kappa shape index (κ2) is 5.74. The number of rotatable bonds is 4. The highest BCUT2D eigenvalue weighted by molar-refractivity contribution is 5.60. The van der Waals surface area contributed by atoms with Crippen LogP contribution < -0.4 is 15.2 Å². The maximum absolute atomic E-state index is 9.02. The Kier molecular flexibility index (Phi) is 3.84. The first-order chi connectivity index (χ1) is 9.24. The van der Waals surface area contributed by atoms with Gasteiger partial charge in [-0.3, -0.25) is 0 Å². The lowest BCUT2D eigenvalue weighted by atomic mass is 10.2. The molecule has 1 aromatic heterocycles. The van der Waals surface area contributed by atoms with E-state index in [1.165, 1.54) is 6.07 Å². The maximum Gasteiger partial charge on any atom is 0.237 e. The molecule has 0 saturated carbocycles. The van der Waals surface area contributed by atoms with E-state index in [4.69, 9.17) is 20.5 Å². The number of ether oxygens (including phenoxy) is 2. The van der Waals surface area contributed by atoms with Crippen LogP contribution in [-0.2, 0) is 0 Å². The number of nitrogens with zero attached hydrogens (tertiary/aromatic N) is 2. The summed E-state index contributed by atoms with van der Waals surface area (Å²) in [7, 11) is 0. The molecule has 5 nitrogen and oxygen atoms in total. The molecule has 0 aliphatic rings. The first-order valence-electron chi connectivity index (χ1n) is 5.81. The van der Waals surface area contributed by atoms with Crippen LogP contribution in [0.4, 0.5) is 5.69 Å². The molecule has 0 atom stereocenters. The van der Waals surface area contributed by atoms with Crippen molar-refractivity contribution in [3.8, 4) is 23.6 Å². The minimum Gasteiger partial charge on any atom is -0.477 e. The molecule has 0 unspecified atom stereocenters. The van der Waals surface area contributed by atoms with Crippen molar-refractivity contribution < 1.29 is 9.47 Å². The molecule has 96 valence electrons. The van der Waals surface area contributed by atoms with E-state index in [1.807, 2.05) is 31.2 Å². The first-order valence-corrected chi connectivity index (χ1v) is 5.81. The van der Waals surface area contributed by atoms with Gasteiger partial charge in [0.2, 0.25) is 11.8 Å². The first kappa shape index (κ1) is 12.7. The van der Waals surface area contributed by atoms with Crippen molar-refractivity contribution in [1.82, 2.24) is 4.98 Å². The Bertz CT molecular complexity index is 606. The van der Waals surface area contributed by atoms with Crippen molar-refractivity contribution in [2.45, 2.75) is 6.92 Å². The number of aromatic nitrogens is 1. The molecule has 0 aliphatic heterocycles. The van der Waals surface area contributed by atoms with Gasteiger partial charge in [0, 0.05) is 6.07 Å². The molecule has 0 bridgehead atoms. The van der Waals surface area contributed by atoms with Crippen molar-refractivity contribution in [2.75, 3.05) is 12.3 Å². The number of benzene rings is 1. The van der Waals surface area contributed by atoms with Crippen LogP contribution in [0.1, 0.15) is 12.5 Å². The Morgan fingerprint density at radius 3 is 2.68 bits per heavy atom. The van der Waals surface area contributed by atoms with E-state index in [0.717, 1.165) is 0 Å². The Labute approximate surface area is 111 Å². The lowest BCUT2D eigenvalue weighted by Crippen LogP contribution is -2.02. The summed E-state index contributed by atoms with van der Waals surface area (Å²) in [4.78, 5) is 4.14. The van der Waals surface area contributed by atoms with Crippen LogP contribution in [0, 0.1) is 11.3 Å². The number of nitriles is 1. The SMILES string of the molecule is CCOc1nc(Oc2ccccc2)cc(N)c1C#N. The van der Waals surface area contributed by atoms with E-state index in [-0.39, 0.29) is 17.1 Å². The van der Waals surface area contributed by atoms with Gasteiger partial charge in [-0.15, -0.1) is 0 Å². The zero-order valence-electron chi connectivity index (χ0n) is 10.5. The van der Waals surface area contributed by atoms with Gasteiger partial charge in [-0.2, -0.15) is 10.2 Å².